The van der Waals surface area contributed by atoms with Crippen LogP contribution in [0.3, 0.4) is 0 Å². The molecule has 0 saturated heterocycles. The molecule has 1 unspecified atom stereocenters. The van der Waals surface area contributed by atoms with Gasteiger partial charge in [-0.25, -0.2) is 0 Å². The molecule has 2 N–H and O–H groups in total. The van der Waals surface area contributed by atoms with Crippen molar-refractivity contribution >= 4 is 0 Å². The van der Waals surface area contributed by atoms with Crippen molar-refractivity contribution in [2.45, 2.75) is 13.0 Å². The quantitative estimate of drug-likeness (QED) is 0.811. The molecule has 96 valence electrons. The van der Waals surface area contributed by atoms with Crippen LogP contribution in [0.2, 0.25) is 0 Å². The Morgan fingerprint density at radius 1 is 1.06 bits per heavy atom. The van der Waals surface area contributed by atoms with Crippen molar-refractivity contribution in [3.8, 4) is 0 Å². The fourth-order valence-electron chi connectivity index (χ4n) is 1.72. The molecule has 1 atom stereocenters. The average Bonchev–Trinajstić information content (AvgIpc) is 2.27. The fraction of sp³-hybridized carbons (Fsp3) is 0.571. The minimum Gasteiger partial charge on any atom is -0.323 e. The van der Waals surface area contributed by atoms with Gasteiger partial charge in [0.2, 0.25) is 0 Å². The molecule has 1 rings (SSSR count). The van der Waals surface area contributed by atoms with Crippen molar-refractivity contribution in [2.75, 3.05) is 40.8 Å². The largest absolute Gasteiger partial charge is 0.323 e. The van der Waals surface area contributed by atoms with Gasteiger partial charge in [-0.1, -0.05) is 29.8 Å². The molecule has 0 aromatic heterocycles. The van der Waals surface area contributed by atoms with E-state index < -0.39 is 0 Å². The van der Waals surface area contributed by atoms with Crippen LogP contribution in [0.5, 0.6) is 0 Å². The minimum atomic E-state index is 0.0998. The van der Waals surface area contributed by atoms with Gasteiger partial charge in [0, 0.05) is 25.7 Å². The lowest BCUT2D eigenvalue weighted by Crippen LogP contribution is -2.34. The number of nitrogens with zero attached hydrogens (tertiary/aromatic N) is 2. The summed E-state index contributed by atoms with van der Waals surface area (Å²) in [5.41, 5.74) is 8.69. The predicted molar refractivity (Wildman–Crippen MR) is 74.2 cm³/mol. The van der Waals surface area contributed by atoms with Crippen LogP contribution in [0.15, 0.2) is 24.3 Å². The van der Waals surface area contributed by atoms with E-state index in [1.165, 1.54) is 11.1 Å². The maximum absolute atomic E-state index is 6.20. The highest BCUT2D eigenvalue weighted by Crippen LogP contribution is 2.12. The molecule has 0 heterocycles. The monoisotopic (exact) mass is 235 g/mol. The summed E-state index contributed by atoms with van der Waals surface area (Å²) in [6, 6.07) is 8.59. The van der Waals surface area contributed by atoms with Gasteiger partial charge < -0.3 is 15.5 Å². The highest BCUT2D eigenvalue weighted by Gasteiger charge is 2.09. The Balaban J connectivity index is 2.42. The molecule has 1 aromatic carbocycles. The highest BCUT2D eigenvalue weighted by molar-refractivity contribution is 5.24. The third-order valence-electron chi connectivity index (χ3n) is 2.94. The molecule has 0 bridgehead atoms. The van der Waals surface area contributed by atoms with E-state index in [0.29, 0.717) is 0 Å². The molecule has 0 radical (unpaired) electrons. The van der Waals surface area contributed by atoms with Gasteiger partial charge in [-0.3, -0.25) is 0 Å². The maximum Gasteiger partial charge on any atom is 0.0424 e. The molecule has 0 aliphatic rings. The Kier molecular flexibility index (Phi) is 5.62. The van der Waals surface area contributed by atoms with Crippen LogP contribution in [0.4, 0.5) is 0 Å². The fourth-order valence-corrected chi connectivity index (χ4v) is 1.72. The topological polar surface area (TPSA) is 32.5 Å². The van der Waals surface area contributed by atoms with Gasteiger partial charge in [0.05, 0.1) is 0 Å². The van der Waals surface area contributed by atoms with E-state index in [0.717, 1.165) is 19.6 Å². The smallest absolute Gasteiger partial charge is 0.0424 e. The Morgan fingerprint density at radius 2 is 1.65 bits per heavy atom. The summed E-state index contributed by atoms with van der Waals surface area (Å²) < 4.78 is 0. The SMILES string of the molecule is Cc1ccc(C(N)CN(C)CCN(C)C)cc1. The molecule has 0 spiro atoms. The third kappa shape index (κ3) is 5.31. The highest BCUT2D eigenvalue weighted by atomic mass is 15.2. The number of nitrogens with two attached hydrogens (primary N) is 1. The maximum atomic E-state index is 6.20. The van der Waals surface area contributed by atoms with Crippen molar-refractivity contribution in [2.24, 2.45) is 5.73 Å². The molecule has 1 aromatic rings. The molecule has 0 aliphatic carbocycles. The molecule has 0 aliphatic heterocycles. The summed E-state index contributed by atoms with van der Waals surface area (Å²) in [6.07, 6.45) is 0. The van der Waals surface area contributed by atoms with Crippen LogP contribution < -0.4 is 5.73 Å². The first kappa shape index (κ1) is 14.2. The Bertz CT molecular complexity index is 319. The van der Waals surface area contributed by atoms with E-state index in [9.17, 15) is 0 Å². The van der Waals surface area contributed by atoms with Gasteiger partial charge in [0.1, 0.15) is 0 Å². The number of hydrogen-bond acceptors (Lipinski definition) is 3. The van der Waals surface area contributed by atoms with E-state index in [1.54, 1.807) is 0 Å². The van der Waals surface area contributed by atoms with E-state index in [1.807, 2.05) is 0 Å². The molecule has 0 amide bonds. The summed E-state index contributed by atoms with van der Waals surface area (Å²) in [6.45, 7) is 5.11. The number of likely N-dealkylation sites (N-methyl/N-ethyl adjacent to an activating group) is 2. The lowest BCUT2D eigenvalue weighted by molar-refractivity contribution is 0.269. The minimum absolute atomic E-state index is 0.0998. The van der Waals surface area contributed by atoms with Crippen LogP contribution in [0.25, 0.3) is 0 Å². The van der Waals surface area contributed by atoms with Crippen molar-refractivity contribution in [3.63, 3.8) is 0 Å². The zero-order valence-corrected chi connectivity index (χ0v) is 11.5. The van der Waals surface area contributed by atoms with Gasteiger partial charge in [0.25, 0.3) is 0 Å². The summed E-state index contributed by atoms with van der Waals surface area (Å²) in [7, 11) is 6.30. The standard InChI is InChI=1S/C14H25N3/c1-12-5-7-13(8-6-12)14(15)11-17(4)10-9-16(2)3/h5-8,14H,9-11,15H2,1-4H3. The molecule has 0 saturated carbocycles. The number of aryl methyl sites for hydroxylation is 1. The van der Waals surface area contributed by atoms with Crippen molar-refractivity contribution < 1.29 is 0 Å². The summed E-state index contributed by atoms with van der Waals surface area (Å²) in [5.74, 6) is 0. The van der Waals surface area contributed by atoms with Gasteiger partial charge >= 0.3 is 0 Å². The number of hydrogen-bond donors (Lipinski definition) is 1. The normalized spacial score (nSPS) is 13.4. The second kappa shape index (κ2) is 6.74. The number of benzene rings is 1. The zero-order valence-electron chi connectivity index (χ0n) is 11.5. The second-order valence-corrected chi connectivity index (χ2v) is 5.08. The first-order valence-electron chi connectivity index (χ1n) is 6.14. The van der Waals surface area contributed by atoms with Crippen LogP contribution in [-0.4, -0.2) is 50.6 Å². The van der Waals surface area contributed by atoms with Crippen LogP contribution in [0.1, 0.15) is 17.2 Å². The third-order valence-corrected chi connectivity index (χ3v) is 2.94. The predicted octanol–water partition coefficient (Wildman–Crippen LogP) is 1.49. The van der Waals surface area contributed by atoms with Gasteiger partial charge in [-0.2, -0.15) is 0 Å². The van der Waals surface area contributed by atoms with E-state index in [-0.39, 0.29) is 6.04 Å². The van der Waals surface area contributed by atoms with E-state index in [2.05, 4.69) is 62.1 Å². The lowest BCUT2D eigenvalue weighted by Gasteiger charge is -2.23. The average molecular weight is 235 g/mol. The Labute approximate surface area is 105 Å². The Morgan fingerprint density at radius 3 is 2.18 bits per heavy atom. The first-order valence-corrected chi connectivity index (χ1v) is 6.14. The van der Waals surface area contributed by atoms with E-state index in [4.69, 9.17) is 5.73 Å². The van der Waals surface area contributed by atoms with E-state index >= 15 is 0 Å². The summed E-state index contributed by atoms with van der Waals surface area (Å²) in [5, 5.41) is 0. The van der Waals surface area contributed by atoms with Crippen molar-refractivity contribution in [1.82, 2.24) is 9.80 Å². The van der Waals surface area contributed by atoms with Crippen molar-refractivity contribution in [3.05, 3.63) is 35.4 Å². The zero-order chi connectivity index (χ0) is 12.8. The first-order chi connectivity index (χ1) is 7.99. The summed E-state index contributed by atoms with van der Waals surface area (Å²) in [4.78, 5) is 4.47. The molecular formula is C14H25N3. The van der Waals surface area contributed by atoms with Crippen LogP contribution in [-0.2, 0) is 0 Å². The van der Waals surface area contributed by atoms with Crippen LogP contribution >= 0.6 is 0 Å². The van der Waals surface area contributed by atoms with Crippen molar-refractivity contribution in [1.29, 1.82) is 0 Å². The van der Waals surface area contributed by atoms with Gasteiger partial charge in [-0.05, 0) is 33.6 Å². The van der Waals surface area contributed by atoms with Gasteiger partial charge in [-0.15, -0.1) is 0 Å². The summed E-state index contributed by atoms with van der Waals surface area (Å²) >= 11 is 0. The molecule has 3 nitrogen and oxygen atoms in total. The molecular weight excluding hydrogens is 210 g/mol. The lowest BCUT2D eigenvalue weighted by atomic mass is 10.1. The molecule has 17 heavy (non-hydrogen) atoms. The number of rotatable bonds is 6. The second-order valence-electron chi connectivity index (χ2n) is 5.08. The molecule has 0 fully saturated rings. The van der Waals surface area contributed by atoms with Gasteiger partial charge in [0.15, 0.2) is 0 Å². The Hall–Kier alpha value is -0.900. The molecule has 3 heteroatoms. The van der Waals surface area contributed by atoms with Crippen LogP contribution in [0, 0.1) is 6.92 Å².